The van der Waals surface area contributed by atoms with Gasteiger partial charge in [0.25, 0.3) is 0 Å². The van der Waals surface area contributed by atoms with E-state index in [0.29, 0.717) is 0 Å². The summed E-state index contributed by atoms with van der Waals surface area (Å²) in [7, 11) is -1.63. The van der Waals surface area contributed by atoms with E-state index in [1.54, 1.807) is 0 Å². The molecular formula is C36H20S3. The van der Waals surface area contributed by atoms with Crippen LogP contribution < -0.4 is 0 Å². The fourth-order valence-corrected chi connectivity index (χ4v) is 13.9. The van der Waals surface area contributed by atoms with Crippen molar-refractivity contribution in [2.45, 2.75) is 19.6 Å². The van der Waals surface area contributed by atoms with E-state index in [1.165, 1.54) is 82.2 Å². The van der Waals surface area contributed by atoms with Gasteiger partial charge < -0.3 is 0 Å². The van der Waals surface area contributed by atoms with Gasteiger partial charge in [-0.1, -0.05) is 72.8 Å². The maximum Gasteiger partial charge on any atom is 0.0362 e. The van der Waals surface area contributed by atoms with Crippen LogP contribution in [-0.2, 0) is 0 Å². The Morgan fingerprint density at radius 1 is 0.333 bits per heavy atom. The second-order valence-corrected chi connectivity index (χ2v) is 15.6. The van der Waals surface area contributed by atoms with Gasteiger partial charge >= 0.3 is 0 Å². The molecule has 0 fully saturated rings. The molecule has 6 aromatic carbocycles. The molecule has 3 heteroatoms. The Kier molecular flexibility index (Phi) is 3.87. The molecule has 10 rings (SSSR count). The summed E-state index contributed by atoms with van der Waals surface area (Å²) in [5, 5.41) is 5.53. The van der Waals surface area contributed by atoms with Crippen molar-refractivity contribution in [1.82, 2.24) is 0 Å². The molecule has 2 aliphatic rings. The van der Waals surface area contributed by atoms with Gasteiger partial charge in [0.2, 0.25) is 0 Å². The van der Waals surface area contributed by atoms with Gasteiger partial charge in [0.15, 0.2) is 0 Å². The first-order chi connectivity index (χ1) is 19.3. The van der Waals surface area contributed by atoms with Crippen LogP contribution in [0.15, 0.2) is 141 Å². The first-order valence-electron chi connectivity index (χ1n) is 13.3. The van der Waals surface area contributed by atoms with E-state index in [-0.39, 0.29) is 0 Å². The normalized spacial score (nSPS) is 15.2. The maximum absolute atomic E-state index is 2.57. The fourth-order valence-electron chi connectivity index (χ4n) is 7.05. The fraction of sp³-hybridized carbons (Fsp3) is 0. The van der Waals surface area contributed by atoms with Crippen molar-refractivity contribution in [3.63, 3.8) is 0 Å². The Morgan fingerprint density at radius 3 is 1.28 bits per heavy atom. The molecule has 0 aliphatic carbocycles. The molecule has 0 bridgehead atoms. The topological polar surface area (TPSA) is 0 Å². The van der Waals surface area contributed by atoms with Crippen molar-refractivity contribution in [3.05, 3.63) is 121 Å². The molecule has 4 heterocycles. The molecule has 2 aromatic heterocycles. The Hall–Kier alpha value is -3.89. The summed E-state index contributed by atoms with van der Waals surface area (Å²) in [5.74, 6) is 0. The van der Waals surface area contributed by atoms with Crippen molar-refractivity contribution >= 4 is 73.0 Å². The zero-order valence-corrected chi connectivity index (χ0v) is 23.2. The molecule has 0 radical (unpaired) electrons. The number of fused-ring (bicyclic) bond motifs is 16. The molecule has 0 unspecified atom stereocenters. The Morgan fingerprint density at radius 2 is 0.769 bits per heavy atom. The average Bonchev–Trinajstić information content (AvgIpc) is 3.69. The smallest absolute Gasteiger partial charge is 0.0362 e. The summed E-state index contributed by atoms with van der Waals surface area (Å²) in [5.41, 5.74) is 5.63. The van der Waals surface area contributed by atoms with Crippen LogP contribution in [-0.4, -0.2) is 0 Å². The lowest BCUT2D eigenvalue weighted by atomic mass is 10.0. The molecule has 0 nitrogen and oxygen atoms in total. The third-order valence-electron chi connectivity index (χ3n) is 8.63. The van der Waals surface area contributed by atoms with Crippen LogP contribution in [0.2, 0.25) is 0 Å². The first kappa shape index (κ1) is 21.0. The quantitative estimate of drug-likeness (QED) is 0.177. The van der Waals surface area contributed by atoms with Crippen LogP contribution in [0.4, 0.5) is 0 Å². The molecule has 8 aromatic rings. The lowest BCUT2D eigenvalue weighted by Gasteiger charge is -2.36. The summed E-state index contributed by atoms with van der Waals surface area (Å²) in [6, 6.07) is 46.4. The number of benzene rings is 6. The SMILES string of the molecule is c1ccc2c(c1)-c1ccccc1S21c2cc3c(cc2-c2cc4sc5ccccc5c4cc21)sc1ccccc13. The molecule has 182 valence electrons. The van der Waals surface area contributed by atoms with E-state index in [0.717, 1.165) is 0 Å². The van der Waals surface area contributed by atoms with Gasteiger partial charge in [0, 0.05) is 59.9 Å². The minimum absolute atomic E-state index is 1.37. The molecule has 39 heavy (non-hydrogen) atoms. The van der Waals surface area contributed by atoms with Crippen LogP contribution in [0.3, 0.4) is 0 Å². The zero-order valence-electron chi connectivity index (χ0n) is 20.8. The highest BCUT2D eigenvalue weighted by molar-refractivity contribution is 8.34. The van der Waals surface area contributed by atoms with Gasteiger partial charge in [-0.05, 0) is 70.8 Å². The molecule has 0 N–H and O–H groups in total. The van der Waals surface area contributed by atoms with Crippen LogP contribution in [0.1, 0.15) is 0 Å². The minimum atomic E-state index is -1.63. The highest BCUT2D eigenvalue weighted by atomic mass is 32.3. The van der Waals surface area contributed by atoms with Crippen molar-refractivity contribution in [3.8, 4) is 22.3 Å². The molecule has 1 spiro atoms. The maximum atomic E-state index is 2.57. The summed E-state index contributed by atoms with van der Waals surface area (Å²) < 4.78 is 5.50. The standard InChI is InChI=1S/C36H20S3/c1-5-13-29-21(9-1)25-19-35-27(17-31(25)37-29)28-18-32-26(22-10-2-6-14-30(22)38-32)20-36(28)39(35)33-15-7-3-11-23(33)24-12-4-8-16-34(24)39/h1-20H. The molecular weight excluding hydrogens is 529 g/mol. The Labute approximate surface area is 235 Å². The molecule has 0 saturated heterocycles. The van der Waals surface area contributed by atoms with Gasteiger partial charge in [-0.15, -0.1) is 32.7 Å². The van der Waals surface area contributed by atoms with Crippen LogP contribution >= 0.6 is 32.7 Å². The largest absolute Gasteiger partial charge is 0.135 e. The first-order valence-corrected chi connectivity index (χ1v) is 16.5. The number of rotatable bonds is 0. The van der Waals surface area contributed by atoms with Gasteiger partial charge in [0.05, 0.1) is 0 Å². The summed E-state index contributed by atoms with van der Waals surface area (Å²) >= 11 is 3.85. The van der Waals surface area contributed by atoms with E-state index in [2.05, 4.69) is 121 Å². The molecule has 2 aliphatic heterocycles. The third kappa shape index (κ3) is 2.44. The summed E-state index contributed by atoms with van der Waals surface area (Å²) in [4.78, 5) is 5.99. The van der Waals surface area contributed by atoms with Crippen LogP contribution in [0.5, 0.6) is 0 Å². The van der Waals surface area contributed by atoms with E-state index in [9.17, 15) is 0 Å². The van der Waals surface area contributed by atoms with Gasteiger partial charge in [0.1, 0.15) is 0 Å². The number of hydrogen-bond acceptors (Lipinski definition) is 2. The zero-order chi connectivity index (χ0) is 25.3. The Balaban J connectivity index is 1.45. The van der Waals surface area contributed by atoms with Crippen molar-refractivity contribution in [2.24, 2.45) is 0 Å². The molecule has 0 atom stereocenters. The predicted molar refractivity (Wildman–Crippen MR) is 170 cm³/mol. The lowest BCUT2D eigenvalue weighted by molar-refractivity contribution is 1.38. The third-order valence-corrected chi connectivity index (χ3v) is 14.9. The summed E-state index contributed by atoms with van der Waals surface area (Å²) in [6.45, 7) is 0. The van der Waals surface area contributed by atoms with Crippen molar-refractivity contribution < 1.29 is 0 Å². The van der Waals surface area contributed by atoms with Gasteiger partial charge in [-0.25, -0.2) is 0 Å². The molecule has 0 saturated carbocycles. The number of hydrogen-bond donors (Lipinski definition) is 0. The van der Waals surface area contributed by atoms with E-state index in [1.807, 2.05) is 22.7 Å². The van der Waals surface area contributed by atoms with Crippen molar-refractivity contribution in [1.29, 1.82) is 0 Å². The number of thiophene rings is 2. The highest BCUT2D eigenvalue weighted by Crippen LogP contribution is 2.85. The van der Waals surface area contributed by atoms with E-state index in [4.69, 9.17) is 0 Å². The van der Waals surface area contributed by atoms with Gasteiger partial charge in [-0.2, -0.15) is 0 Å². The Bertz CT molecular complexity index is 2180. The van der Waals surface area contributed by atoms with Gasteiger partial charge in [-0.3, -0.25) is 0 Å². The van der Waals surface area contributed by atoms with E-state index < -0.39 is 10.0 Å². The second-order valence-electron chi connectivity index (χ2n) is 10.5. The van der Waals surface area contributed by atoms with Crippen LogP contribution in [0.25, 0.3) is 62.6 Å². The molecule has 0 amide bonds. The predicted octanol–water partition coefficient (Wildman–Crippen LogP) is 11.7. The monoisotopic (exact) mass is 548 g/mol. The lowest BCUT2D eigenvalue weighted by Crippen LogP contribution is -1.97. The second kappa shape index (κ2) is 7.19. The van der Waals surface area contributed by atoms with Crippen LogP contribution in [0, 0.1) is 0 Å². The minimum Gasteiger partial charge on any atom is -0.135 e. The highest BCUT2D eigenvalue weighted by Gasteiger charge is 2.48. The average molecular weight is 549 g/mol. The van der Waals surface area contributed by atoms with Crippen molar-refractivity contribution in [2.75, 3.05) is 0 Å². The summed E-state index contributed by atoms with van der Waals surface area (Å²) in [6.07, 6.45) is 0. The van der Waals surface area contributed by atoms with E-state index >= 15 is 0 Å².